The Bertz CT molecular complexity index is 573. The molecule has 1 atom stereocenters. The highest BCUT2D eigenvalue weighted by Crippen LogP contribution is 2.27. The van der Waals surface area contributed by atoms with Crippen molar-refractivity contribution in [1.29, 1.82) is 0 Å². The van der Waals surface area contributed by atoms with Crippen LogP contribution in [0.15, 0.2) is 33.9 Å². The molecule has 18 heavy (non-hydrogen) atoms. The molecule has 1 aromatic heterocycles. The molecule has 94 valence electrons. The Balaban J connectivity index is 2.21. The minimum absolute atomic E-state index is 0.0762. The first kappa shape index (κ1) is 12.6. The Hall–Kier alpha value is -1.89. The molecule has 1 heterocycles. The monoisotopic (exact) mass is 267 g/mol. The molecule has 0 aliphatic heterocycles. The van der Waals surface area contributed by atoms with Crippen LogP contribution in [-0.4, -0.2) is 21.4 Å². The highest BCUT2D eigenvalue weighted by Gasteiger charge is 2.17. The number of hydrogen-bond acceptors (Lipinski definition) is 5. The number of amides is 1. The zero-order valence-electron chi connectivity index (χ0n) is 9.46. The van der Waals surface area contributed by atoms with Crippen LogP contribution in [0.2, 0.25) is 0 Å². The van der Waals surface area contributed by atoms with E-state index in [2.05, 4.69) is 10.2 Å². The first-order valence-corrected chi connectivity index (χ1v) is 6.00. The van der Waals surface area contributed by atoms with Crippen LogP contribution in [0.25, 0.3) is 11.5 Å². The second-order valence-electron chi connectivity index (χ2n) is 3.52. The number of benzene rings is 1. The number of thioether (sulfide) groups is 1. The van der Waals surface area contributed by atoms with Crippen molar-refractivity contribution >= 4 is 17.7 Å². The Labute approximate surface area is 107 Å². The fourth-order valence-electron chi connectivity index (χ4n) is 1.21. The van der Waals surface area contributed by atoms with Crippen LogP contribution >= 0.6 is 11.8 Å². The molecule has 0 spiro atoms. The number of aromatic nitrogens is 2. The second-order valence-corrected chi connectivity index (χ2v) is 4.81. The zero-order valence-corrected chi connectivity index (χ0v) is 10.3. The van der Waals surface area contributed by atoms with Crippen LogP contribution < -0.4 is 5.73 Å². The van der Waals surface area contributed by atoms with Gasteiger partial charge in [-0.05, 0) is 19.1 Å². The molecule has 7 heteroatoms. The van der Waals surface area contributed by atoms with E-state index in [4.69, 9.17) is 10.2 Å². The van der Waals surface area contributed by atoms with E-state index >= 15 is 0 Å². The van der Waals surface area contributed by atoms with Gasteiger partial charge in [-0.15, -0.1) is 10.2 Å². The zero-order chi connectivity index (χ0) is 13.1. The summed E-state index contributed by atoms with van der Waals surface area (Å²) in [5.74, 6) is -0.849. The number of carbonyl (C=O) groups is 1. The van der Waals surface area contributed by atoms with E-state index in [1.54, 1.807) is 19.1 Å². The topological polar surface area (TPSA) is 82.0 Å². The van der Waals surface area contributed by atoms with Crippen LogP contribution in [0.3, 0.4) is 0 Å². The van der Waals surface area contributed by atoms with Gasteiger partial charge in [0.05, 0.1) is 10.8 Å². The first-order valence-electron chi connectivity index (χ1n) is 5.12. The predicted molar refractivity (Wildman–Crippen MR) is 64.2 cm³/mol. The number of primary amides is 1. The van der Waals surface area contributed by atoms with E-state index in [1.165, 1.54) is 12.1 Å². The van der Waals surface area contributed by atoms with Crippen molar-refractivity contribution in [2.24, 2.45) is 5.73 Å². The lowest BCUT2D eigenvalue weighted by atomic mass is 10.2. The fraction of sp³-hybridized carbons (Fsp3) is 0.182. The summed E-state index contributed by atoms with van der Waals surface area (Å²) >= 11 is 1.04. The highest BCUT2D eigenvalue weighted by atomic mass is 32.2. The van der Waals surface area contributed by atoms with Crippen molar-refractivity contribution in [2.45, 2.75) is 17.4 Å². The van der Waals surface area contributed by atoms with Crippen molar-refractivity contribution in [1.82, 2.24) is 10.2 Å². The van der Waals surface area contributed by atoms with Gasteiger partial charge in [0, 0.05) is 0 Å². The van der Waals surface area contributed by atoms with Crippen molar-refractivity contribution in [3.05, 3.63) is 30.1 Å². The summed E-state index contributed by atoms with van der Waals surface area (Å²) in [6, 6.07) is 6.08. The van der Waals surface area contributed by atoms with Gasteiger partial charge in [0.2, 0.25) is 5.91 Å². The summed E-state index contributed by atoms with van der Waals surface area (Å²) in [5.41, 5.74) is 5.34. The molecule has 0 radical (unpaired) electrons. The van der Waals surface area contributed by atoms with E-state index in [0.29, 0.717) is 0 Å². The molecule has 0 bridgehead atoms. The second kappa shape index (κ2) is 5.18. The molecule has 2 aromatic rings. The average Bonchev–Trinajstić information content (AvgIpc) is 2.77. The van der Waals surface area contributed by atoms with Gasteiger partial charge in [0.25, 0.3) is 11.1 Å². The molecule has 2 rings (SSSR count). The summed E-state index contributed by atoms with van der Waals surface area (Å²) in [7, 11) is 0. The first-order chi connectivity index (χ1) is 8.58. The minimum Gasteiger partial charge on any atom is -0.411 e. The number of rotatable bonds is 4. The van der Waals surface area contributed by atoms with Gasteiger partial charge in [-0.25, -0.2) is 4.39 Å². The van der Waals surface area contributed by atoms with Crippen molar-refractivity contribution in [3.8, 4) is 11.5 Å². The van der Waals surface area contributed by atoms with Gasteiger partial charge in [0.15, 0.2) is 0 Å². The fourth-order valence-corrected chi connectivity index (χ4v) is 1.84. The number of halogens is 1. The molecule has 5 nitrogen and oxygen atoms in total. The quantitative estimate of drug-likeness (QED) is 0.855. The number of hydrogen-bond donors (Lipinski definition) is 1. The van der Waals surface area contributed by atoms with E-state index in [9.17, 15) is 9.18 Å². The van der Waals surface area contributed by atoms with E-state index in [1.807, 2.05) is 0 Å². The molecular weight excluding hydrogens is 257 g/mol. The van der Waals surface area contributed by atoms with Crippen LogP contribution in [0.1, 0.15) is 6.92 Å². The summed E-state index contributed by atoms with van der Waals surface area (Å²) in [6.07, 6.45) is 0. The maximum absolute atomic E-state index is 13.5. The molecule has 0 unspecified atom stereocenters. The molecule has 1 amide bonds. The van der Waals surface area contributed by atoms with Crippen LogP contribution in [0, 0.1) is 5.82 Å². The minimum atomic E-state index is -0.487. The number of nitrogens with two attached hydrogens (primary N) is 1. The van der Waals surface area contributed by atoms with E-state index in [-0.39, 0.29) is 16.7 Å². The molecule has 1 aromatic carbocycles. The number of carbonyl (C=O) groups excluding carboxylic acids is 1. The van der Waals surface area contributed by atoms with Gasteiger partial charge in [0.1, 0.15) is 5.82 Å². The molecule has 0 aliphatic rings. The maximum Gasteiger partial charge on any atom is 0.277 e. The normalized spacial score (nSPS) is 12.3. The molecule has 0 aliphatic carbocycles. The molecule has 0 saturated carbocycles. The third kappa shape index (κ3) is 2.67. The Morgan fingerprint density at radius 2 is 2.17 bits per heavy atom. The van der Waals surface area contributed by atoms with Gasteiger partial charge < -0.3 is 10.2 Å². The molecule has 0 fully saturated rings. The lowest BCUT2D eigenvalue weighted by molar-refractivity contribution is -0.117. The lowest BCUT2D eigenvalue weighted by Crippen LogP contribution is -2.22. The Morgan fingerprint density at radius 1 is 1.44 bits per heavy atom. The van der Waals surface area contributed by atoms with Crippen LogP contribution in [0.4, 0.5) is 4.39 Å². The van der Waals surface area contributed by atoms with Crippen molar-refractivity contribution < 1.29 is 13.6 Å². The third-order valence-corrected chi connectivity index (χ3v) is 3.14. The van der Waals surface area contributed by atoms with Gasteiger partial charge in [-0.2, -0.15) is 0 Å². The standard InChI is InChI=1S/C11H10FN3O2S/c1-6(9(13)16)18-11-15-14-10(17-11)7-4-2-3-5-8(7)12/h2-6H,1H3,(H2,13,16)/t6-/m1/s1. The van der Waals surface area contributed by atoms with Gasteiger partial charge >= 0.3 is 0 Å². The largest absolute Gasteiger partial charge is 0.411 e. The lowest BCUT2D eigenvalue weighted by Gasteiger charge is -2.01. The Kier molecular flexibility index (Phi) is 3.61. The van der Waals surface area contributed by atoms with E-state index < -0.39 is 17.0 Å². The van der Waals surface area contributed by atoms with Gasteiger partial charge in [-0.3, -0.25) is 4.79 Å². The molecule has 2 N–H and O–H groups in total. The third-order valence-electron chi connectivity index (χ3n) is 2.19. The van der Waals surface area contributed by atoms with Crippen LogP contribution in [0.5, 0.6) is 0 Å². The van der Waals surface area contributed by atoms with Crippen LogP contribution in [-0.2, 0) is 4.79 Å². The Morgan fingerprint density at radius 3 is 2.83 bits per heavy atom. The SMILES string of the molecule is C[C@@H](Sc1nnc(-c2ccccc2F)o1)C(N)=O. The molecular formula is C11H10FN3O2S. The smallest absolute Gasteiger partial charge is 0.277 e. The van der Waals surface area contributed by atoms with Crippen molar-refractivity contribution in [2.75, 3.05) is 0 Å². The van der Waals surface area contributed by atoms with Gasteiger partial charge in [-0.1, -0.05) is 23.9 Å². The summed E-state index contributed by atoms with van der Waals surface area (Å²) in [5, 5.41) is 7.15. The number of nitrogens with zero attached hydrogens (tertiary/aromatic N) is 2. The average molecular weight is 267 g/mol. The maximum atomic E-state index is 13.5. The highest BCUT2D eigenvalue weighted by molar-refractivity contribution is 8.00. The summed E-state index contributed by atoms with van der Waals surface area (Å²) in [4.78, 5) is 10.9. The molecule has 0 saturated heterocycles. The summed E-state index contributed by atoms with van der Waals surface area (Å²) in [6.45, 7) is 1.62. The van der Waals surface area contributed by atoms with Crippen molar-refractivity contribution in [3.63, 3.8) is 0 Å². The van der Waals surface area contributed by atoms with E-state index in [0.717, 1.165) is 11.8 Å². The summed E-state index contributed by atoms with van der Waals surface area (Å²) < 4.78 is 18.7. The predicted octanol–water partition coefficient (Wildman–Crippen LogP) is 1.84.